The Labute approximate surface area is 279 Å². The van der Waals surface area contributed by atoms with Crippen molar-refractivity contribution in [2.45, 2.75) is 75.5 Å². The minimum atomic E-state index is -0.473. The Morgan fingerprint density at radius 3 is 2.74 bits per heavy atom. The van der Waals surface area contributed by atoms with Crippen LogP contribution in [0.15, 0.2) is 70.7 Å². The Kier molecular flexibility index (Phi) is 8.93. The van der Waals surface area contributed by atoms with E-state index in [0.29, 0.717) is 22.8 Å². The predicted octanol–water partition coefficient (Wildman–Crippen LogP) is 8.82. The Morgan fingerprint density at radius 2 is 1.93 bits per heavy atom. The maximum Gasteiger partial charge on any atom is 0.176 e. The molecule has 0 unspecified atom stereocenters. The molecule has 0 radical (unpaired) electrons. The summed E-state index contributed by atoms with van der Waals surface area (Å²) in [7, 11) is 1.91. The second-order valence-electron chi connectivity index (χ2n) is 14.2. The summed E-state index contributed by atoms with van der Waals surface area (Å²) in [6.07, 6.45) is 7.95. The van der Waals surface area contributed by atoms with Crippen molar-refractivity contribution in [2.75, 3.05) is 11.5 Å². The molecule has 2 aromatic carbocycles. The first kappa shape index (κ1) is 32.5. The lowest BCUT2D eigenvalue weighted by atomic mass is 9.73. The SMILES string of the molecule is Cn1nc2nc1-c1cc(ccn1)Sc1c(F)cc3[nH]ccc3c1CCSCC(C)(C)CC[C@]2(C)c1cccc(CC(C)(C)C=O)c1. The molecule has 4 heterocycles. The average Bonchev–Trinajstić information content (AvgIpc) is 3.65. The molecule has 240 valence electrons. The first-order valence-corrected chi connectivity index (χ1v) is 17.8. The van der Waals surface area contributed by atoms with Crippen molar-refractivity contribution in [3.63, 3.8) is 0 Å². The second kappa shape index (κ2) is 12.6. The molecule has 0 saturated heterocycles. The van der Waals surface area contributed by atoms with Gasteiger partial charge in [0.2, 0.25) is 0 Å². The zero-order valence-electron chi connectivity index (χ0n) is 27.5. The summed E-state index contributed by atoms with van der Waals surface area (Å²) in [5, 5.41) is 6.09. The molecule has 6 rings (SSSR count). The predicted molar refractivity (Wildman–Crippen MR) is 187 cm³/mol. The van der Waals surface area contributed by atoms with E-state index in [4.69, 9.17) is 15.1 Å². The minimum absolute atomic E-state index is 0.0473. The van der Waals surface area contributed by atoms with Crippen LogP contribution in [0, 0.1) is 16.6 Å². The molecule has 0 fully saturated rings. The van der Waals surface area contributed by atoms with Crippen molar-refractivity contribution >= 4 is 40.7 Å². The molecule has 1 aliphatic rings. The van der Waals surface area contributed by atoms with Gasteiger partial charge in [0, 0.05) is 40.7 Å². The van der Waals surface area contributed by atoms with Gasteiger partial charge in [0.05, 0.1) is 10.3 Å². The Hall–Kier alpha value is -3.43. The van der Waals surface area contributed by atoms with E-state index in [-0.39, 0.29) is 11.2 Å². The van der Waals surface area contributed by atoms with E-state index in [0.717, 1.165) is 75.4 Å². The summed E-state index contributed by atoms with van der Waals surface area (Å²) in [6, 6.07) is 16.2. The van der Waals surface area contributed by atoms with E-state index >= 15 is 4.39 Å². The van der Waals surface area contributed by atoms with Crippen molar-refractivity contribution in [1.82, 2.24) is 24.7 Å². The van der Waals surface area contributed by atoms with Crippen LogP contribution < -0.4 is 0 Å². The molecular weight excluding hydrogens is 614 g/mol. The number of nitrogens with one attached hydrogen (secondary N) is 1. The van der Waals surface area contributed by atoms with Gasteiger partial charge in [-0.1, -0.05) is 63.7 Å². The number of aromatic nitrogens is 5. The van der Waals surface area contributed by atoms with E-state index in [2.05, 4.69) is 56.1 Å². The maximum atomic E-state index is 15.7. The van der Waals surface area contributed by atoms with Gasteiger partial charge in [-0.2, -0.15) is 16.9 Å². The van der Waals surface area contributed by atoms with Crippen molar-refractivity contribution < 1.29 is 9.18 Å². The maximum absolute atomic E-state index is 15.7. The minimum Gasteiger partial charge on any atom is -0.361 e. The number of rotatable bonds is 4. The van der Waals surface area contributed by atoms with Crippen LogP contribution in [0.5, 0.6) is 0 Å². The lowest BCUT2D eigenvalue weighted by Crippen LogP contribution is -2.29. The highest BCUT2D eigenvalue weighted by Crippen LogP contribution is 2.42. The van der Waals surface area contributed by atoms with Gasteiger partial charge in [-0.3, -0.25) is 4.98 Å². The van der Waals surface area contributed by atoms with Gasteiger partial charge in [0.25, 0.3) is 0 Å². The largest absolute Gasteiger partial charge is 0.361 e. The molecule has 0 spiro atoms. The number of carbonyl (C=O) groups is 1. The van der Waals surface area contributed by atoms with Gasteiger partial charge in [-0.25, -0.2) is 14.1 Å². The van der Waals surface area contributed by atoms with Gasteiger partial charge >= 0.3 is 0 Å². The molecule has 46 heavy (non-hydrogen) atoms. The molecule has 1 aliphatic heterocycles. The lowest BCUT2D eigenvalue weighted by Gasteiger charge is -2.33. The monoisotopic (exact) mass is 655 g/mol. The van der Waals surface area contributed by atoms with Crippen molar-refractivity contribution in [1.29, 1.82) is 0 Å². The number of aldehydes is 1. The Balaban J connectivity index is 1.46. The smallest absolute Gasteiger partial charge is 0.176 e. The molecule has 3 aromatic heterocycles. The Bertz CT molecular complexity index is 1890. The summed E-state index contributed by atoms with van der Waals surface area (Å²) in [5.74, 6) is 3.08. The molecule has 5 aromatic rings. The van der Waals surface area contributed by atoms with Crippen LogP contribution in [-0.2, 0) is 30.1 Å². The topological polar surface area (TPSA) is 76.5 Å². The van der Waals surface area contributed by atoms with Crippen LogP contribution in [0.25, 0.3) is 22.4 Å². The number of aryl methyl sites for hydroxylation is 2. The third-order valence-electron chi connectivity index (χ3n) is 9.14. The fourth-order valence-electron chi connectivity index (χ4n) is 6.30. The van der Waals surface area contributed by atoms with Crippen LogP contribution in [0.1, 0.15) is 70.0 Å². The molecule has 1 N–H and O–H groups in total. The average molecular weight is 656 g/mol. The fraction of sp³-hybridized carbons (Fsp3) is 0.405. The van der Waals surface area contributed by atoms with Crippen LogP contribution in [0.2, 0.25) is 0 Å². The second-order valence-corrected chi connectivity index (χ2v) is 16.4. The quantitative estimate of drug-likeness (QED) is 0.195. The van der Waals surface area contributed by atoms with E-state index in [9.17, 15) is 4.79 Å². The van der Waals surface area contributed by atoms with Crippen molar-refractivity contribution in [3.05, 3.63) is 89.3 Å². The normalized spacial score (nSPS) is 19.0. The number of pyridine rings is 1. The van der Waals surface area contributed by atoms with Gasteiger partial charge in [0.1, 0.15) is 17.8 Å². The zero-order chi connectivity index (χ0) is 32.7. The van der Waals surface area contributed by atoms with Crippen LogP contribution in [-0.4, -0.2) is 42.5 Å². The molecule has 1 atom stereocenters. The fourth-order valence-corrected chi connectivity index (χ4v) is 8.52. The highest BCUT2D eigenvalue weighted by Gasteiger charge is 2.37. The molecule has 9 heteroatoms. The number of H-pyrrole nitrogens is 1. The Morgan fingerprint density at radius 1 is 1.11 bits per heavy atom. The number of hydrogen-bond donors (Lipinski definition) is 1. The molecule has 0 amide bonds. The van der Waals surface area contributed by atoms with Crippen molar-refractivity contribution in [3.8, 4) is 11.5 Å². The number of carbonyl (C=O) groups excluding carboxylic acids is 1. The molecule has 4 bridgehead atoms. The number of thioether (sulfide) groups is 1. The summed E-state index contributed by atoms with van der Waals surface area (Å²) < 4.78 is 17.5. The molecule has 0 aliphatic carbocycles. The highest BCUT2D eigenvalue weighted by molar-refractivity contribution is 7.99. The summed E-state index contributed by atoms with van der Waals surface area (Å²) in [5.41, 5.74) is 3.96. The first-order chi connectivity index (χ1) is 21.9. The first-order valence-electron chi connectivity index (χ1n) is 15.9. The number of fused-ring (bicyclic) bond motifs is 8. The number of halogens is 1. The van der Waals surface area contributed by atoms with E-state index in [1.54, 1.807) is 12.3 Å². The third-order valence-corrected chi connectivity index (χ3v) is 11.8. The van der Waals surface area contributed by atoms with E-state index in [1.165, 1.54) is 11.8 Å². The molecular formula is C37H42FN5OS2. The number of hydrogen-bond acceptors (Lipinski definition) is 6. The number of nitrogens with zero attached hydrogens (tertiary/aromatic N) is 4. The number of aromatic amines is 1. The zero-order valence-corrected chi connectivity index (χ0v) is 29.1. The molecule has 6 nitrogen and oxygen atoms in total. The van der Waals surface area contributed by atoms with Gasteiger partial charge < -0.3 is 9.78 Å². The van der Waals surface area contributed by atoms with E-state index < -0.39 is 10.8 Å². The van der Waals surface area contributed by atoms with Crippen molar-refractivity contribution in [2.24, 2.45) is 17.9 Å². The number of benzene rings is 2. The lowest BCUT2D eigenvalue weighted by molar-refractivity contribution is -0.114. The highest BCUT2D eigenvalue weighted by atomic mass is 32.2. The van der Waals surface area contributed by atoms with Gasteiger partial charge in [-0.15, -0.1) is 0 Å². The third kappa shape index (κ3) is 6.67. The summed E-state index contributed by atoms with van der Waals surface area (Å²) in [4.78, 5) is 26.4. The molecule has 0 saturated carbocycles. The van der Waals surface area contributed by atoms with Gasteiger partial charge in [0.15, 0.2) is 11.6 Å². The van der Waals surface area contributed by atoms with Crippen LogP contribution in [0.3, 0.4) is 0 Å². The van der Waals surface area contributed by atoms with Crippen LogP contribution in [0.4, 0.5) is 4.39 Å². The summed E-state index contributed by atoms with van der Waals surface area (Å²) in [6.45, 7) is 10.9. The summed E-state index contributed by atoms with van der Waals surface area (Å²) >= 11 is 3.38. The van der Waals surface area contributed by atoms with E-state index in [1.807, 2.05) is 55.7 Å². The van der Waals surface area contributed by atoms with Crippen LogP contribution >= 0.6 is 23.5 Å². The standard InChI is InChI=1S/C37H42FN5OS2/c1-35(2)13-14-37(5,25-9-7-8-24(18-25)21-36(3,4)22-44)34-41-33(43(6)42-34)31-19-26(10-15-40-31)46-32-28(12-17-45-23-35)27-11-16-39-30(27)20-29(32)38/h7-11,15-16,18-20,22,39H,12-14,17,21,23H2,1-6H3/t37-/m1/s1. The van der Waals surface area contributed by atoms with Gasteiger partial charge in [-0.05, 0) is 90.5 Å².